The molecule has 6 aromatic carbocycles. The van der Waals surface area contributed by atoms with Crippen LogP contribution in [0, 0.1) is 0 Å². The molecule has 47 heavy (non-hydrogen) atoms. The zero-order valence-corrected chi connectivity index (χ0v) is 26.9. The molecule has 0 unspecified atom stereocenters. The highest BCUT2D eigenvalue weighted by molar-refractivity contribution is 7.99. The van der Waals surface area contributed by atoms with Crippen molar-refractivity contribution >= 4 is 33.2 Å². The van der Waals surface area contributed by atoms with E-state index in [-0.39, 0.29) is 0 Å². The zero-order valence-electron chi connectivity index (χ0n) is 25.2. The van der Waals surface area contributed by atoms with Crippen molar-refractivity contribution in [2.75, 3.05) is 0 Å². The lowest BCUT2D eigenvalue weighted by atomic mass is 9.67. The first-order valence-electron chi connectivity index (χ1n) is 15.8. The van der Waals surface area contributed by atoms with Gasteiger partial charge in [-0.2, -0.15) is 0 Å². The molecule has 0 N–H and O–H groups in total. The second-order valence-corrected chi connectivity index (χ2v) is 14.2. The largest absolute Gasteiger partial charge is 0.228 e. The first-order chi connectivity index (χ1) is 23.3. The molecule has 0 radical (unpaired) electrons. The van der Waals surface area contributed by atoms with Crippen LogP contribution in [-0.4, -0.2) is 9.97 Å². The Balaban J connectivity index is 1.26. The summed E-state index contributed by atoms with van der Waals surface area (Å²) in [6.45, 7) is 0. The van der Waals surface area contributed by atoms with Gasteiger partial charge in [-0.05, 0) is 86.6 Å². The Hall–Kier alpha value is -5.29. The quantitative estimate of drug-likeness (QED) is 0.193. The normalized spacial score (nSPS) is 13.6. The van der Waals surface area contributed by atoms with Gasteiger partial charge < -0.3 is 0 Å². The minimum atomic E-state index is -0.415. The molecule has 0 saturated heterocycles. The maximum Gasteiger partial charge on any atom is 0.160 e. The molecule has 2 nitrogen and oxygen atoms in total. The number of fused-ring (bicyclic) bond motifs is 10. The molecule has 3 heterocycles. The molecule has 1 aliphatic heterocycles. The van der Waals surface area contributed by atoms with Gasteiger partial charge in [-0.3, -0.25) is 0 Å². The lowest BCUT2D eigenvalue weighted by molar-refractivity contribution is 0.723. The van der Waals surface area contributed by atoms with Crippen LogP contribution < -0.4 is 0 Å². The van der Waals surface area contributed by atoms with Gasteiger partial charge in [0.15, 0.2) is 5.82 Å². The Bertz CT molecular complexity index is 2400. The van der Waals surface area contributed by atoms with Gasteiger partial charge >= 0.3 is 0 Å². The molecule has 2 aromatic heterocycles. The molecule has 2 aliphatic rings. The Kier molecular flexibility index (Phi) is 5.93. The summed E-state index contributed by atoms with van der Waals surface area (Å²) in [6.07, 6.45) is 0. The second kappa shape index (κ2) is 10.4. The van der Waals surface area contributed by atoms with E-state index in [2.05, 4.69) is 145 Å². The number of hydrogen-bond donors (Lipinski definition) is 0. The van der Waals surface area contributed by atoms with E-state index in [0.717, 1.165) is 33.9 Å². The minimum Gasteiger partial charge on any atom is -0.228 e. The maximum atomic E-state index is 5.19. The first-order valence-corrected chi connectivity index (χ1v) is 17.5. The van der Waals surface area contributed by atoms with E-state index in [9.17, 15) is 0 Å². The number of benzene rings is 6. The van der Waals surface area contributed by atoms with Gasteiger partial charge in [-0.25, -0.2) is 9.97 Å². The van der Waals surface area contributed by atoms with Crippen molar-refractivity contribution in [3.8, 4) is 45.0 Å². The number of aromatic nitrogens is 2. The lowest BCUT2D eigenvalue weighted by Crippen LogP contribution is -2.31. The summed E-state index contributed by atoms with van der Waals surface area (Å²) in [6, 6.07) is 54.9. The molecule has 1 spiro atoms. The fourth-order valence-electron chi connectivity index (χ4n) is 7.59. The van der Waals surface area contributed by atoms with Crippen molar-refractivity contribution in [3.63, 3.8) is 0 Å². The van der Waals surface area contributed by atoms with Gasteiger partial charge in [0.2, 0.25) is 0 Å². The third-order valence-corrected chi connectivity index (χ3v) is 11.7. The fourth-order valence-corrected chi connectivity index (χ4v) is 9.59. The molecular formula is C43H26N2S2. The number of rotatable bonds is 3. The van der Waals surface area contributed by atoms with Crippen LogP contribution >= 0.6 is 23.1 Å². The van der Waals surface area contributed by atoms with Gasteiger partial charge in [0, 0.05) is 31.2 Å². The third kappa shape index (κ3) is 3.99. The van der Waals surface area contributed by atoms with Crippen molar-refractivity contribution in [2.24, 2.45) is 0 Å². The average Bonchev–Trinajstić information content (AvgIpc) is 3.72. The van der Waals surface area contributed by atoms with Crippen LogP contribution in [-0.2, 0) is 5.41 Å². The van der Waals surface area contributed by atoms with Gasteiger partial charge in [-0.1, -0.05) is 121 Å². The van der Waals surface area contributed by atoms with E-state index in [1.165, 1.54) is 53.3 Å². The predicted octanol–water partition coefficient (Wildman–Crippen LogP) is 11.5. The highest BCUT2D eigenvalue weighted by atomic mass is 32.2. The average molecular weight is 635 g/mol. The van der Waals surface area contributed by atoms with Gasteiger partial charge in [0.1, 0.15) is 0 Å². The molecule has 0 atom stereocenters. The van der Waals surface area contributed by atoms with Crippen LogP contribution in [0.15, 0.2) is 167 Å². The smallest absolute Gasteiger partial charge is 0.160 e. The molecular weight excluding hydrogens is 609 g/mol. The number of thiophene rings is 1. The summed E-state index contributed by atoms with van der Waals surface area (Å²) in [5, 5.41) is 3.49. The van der Waals surface area contributed by atoms with E-state index < -0.39 is 5.41 Å². The Labute approximate surface area is 281 Å². The van der Waals surface area contributed by atoms with E-state index in [1.54, 1.807) is 0 Å². The summed E-state index contributed by atoms with van der Waals surface area (Å²) in [5.74, 6) is 0.729. The SMILES string of the molecule is c1ccc(-c2cc(-c3ccccc3)nc(-c3ccc4c(c3)-c3cc5ccsc5cc3C43c4ccccc4Sc4ccccc43)n2)cc1. The lowest BCUT2D eigenvalue weighted by Gasteiger charge is -2.39. The third-order valence-electron chi connectivity index (χ3n) is 9.64. The Morgan fingerprint density at radius 1 is 0.447 bits per heavy atom. The molecule has 0 amide bonds. The molecule has 0 fully saturated rings. The summed E-state index contributed by atoms with van der Waals surface area (Å²) in [5.41, 5.74) is 12.5. The van der Waals surface area contributed by atoms with Crippen LogP contribution in [0.2, 0.25) is 0 Å². The van der Waals surface area contributed by atoms with Crippen LogP contribution in [0.3, 0.4) is 0 Å². The van der Waals surface area contributed by atoms with E-state index in [0.29, 0.717) is 0 Å². The molecule has 10 rings (SSSR count). The first kappa shape index (κ1) is 26.9. The highest BCUT2D eigenvalue weighted by Crippen LogP contribution is 2.63. The van der Waals surface area contributed by atoms with Crippen molar-refractivity contribution in [1.29, 1.82) is 0 Å². The van der Waals surface area contributed by atoms with Crippen LogP contribution in [0.1, 0.15) is 22.3 Å². The van der Waals surface area contributed by atoms with Crippen LogP contribution in [0.25, 0.3) is 55.1 Å². The zero-order chi connectivity index (χ0) is 31.0. The summed E-state index contributed by atoms with van der Waals surface area (Å²) in [7, 11) is 0. The summed E-state index contributed by atoms with van der Waals surface area (Å²) < 4.78 is 1.32. The molecule has 220 valence electrons. The van der Waals surface area contributed by atoms with Gasteiger partial charge in [0.05, 0.1) is 16.8 Å². The minimum absolute atomic E-state index is 0.415. The van der Waals surface area contributed by atoms with Gasteiger partial charge in [0.25, 0.3) is 0 Å². The number of nitrogens with zero attached hydrogens (tertiary/aromatic N) is 2. The summed E-state index contributed by atoms with van der Waals surface area (Å²) in [4.78, 5) is 13.0. The molecule has 4 heteroatoms. The topological polar surface area (TPSA) is 25.8 Å². The monoisotopic (exact) mass is 634 g/mol. The van der Waals surface area contributed by atoms with Crippen molar-refractivity contribution in [3.05, 3.63) is 179 Å². The van der Waals surface area contributed by atoms with Crippen molar-refractivity contribution in [2.45, 2.75) is 15.2 Å². The summed E-state index contributed by atoms with van der Waals surface area (Å²) >= 11 is 3.70. The molecule has 8 aromatic rings. The highest BCUT2D eigenvalue weighted by Gasteiger charge is 2.50. The Morgan fingerprint density at radius 2 is 1.04 bits per heavy atom. The van der Waals surface area contributed by atoms with Crippen LogP contribution in [0.5, 0.6) is 0 Å². The standard InChI is InChI=1S/C43H26N2S2/c1-3-11-27(12-4-1)37-26-38(28-13-5-2-6-14-28)45-42(44-37)30-19-20-33-31(24-30)32-23-29-21-22-46-41(29)25-36(32)43(33)34-15-7-9-17-39(34)47-40-18-10-8-16-35(40)43/h1-26H. The Morgan fingerprint density at radius 3 is 1.70 bits per heavy atom. The van der Waals surface area contributed by atoms with Gasteiger partial charge in [-0.15, -0.1) is 11.3 Å². The molecule has 0 bridgehead atoms. The molecule has 0 saturated carbocycles. The van der Waals surface area contributed by atoms with Crippen LogP contribution in [0.4, 0.5) is 0 Å². The second-order valence-electron chi connectivity index (χ2n) is 12.2. The predicted molar refractivity (Wildman–Crippen MR) is 195 cm³/mol. The molecule has 1 aliphatic carbocycles. The van der Waals surface area contributed by atoms with E-state index in [4.69, 9.17) is 9.97 Å². The number of hydrogen-bond acceptors (Lipinski definition) is 4. The fraction of sp³-hybridized carbons (Fsp3) is 0.0233. The van der Waals surface area contributed by atoms with Crippen molar-refractivity contribution < 1.29 is 0 Å². The van der Waals surface area contributed by atoms with Crippen molar-refractivity contribution in [1.82, 2.24) is 9.97 Å². The van der Waals surface area contributed by atoms with E-state index in [1.807, 2.05) is 35.2 Å². The van der Waals surface area contributed by atoms with E-state index >= 15 is 0 Å². The maximum absolute atomic E-state index is 5.19.